The third kappa shape index (κ3) is 3.11. The van der Waals surface area contributed by atoms with Crippen molar-refractivity contribution in [1.29, 1.82) is 0 Å². The van der Waals surface area contributed by atoms with Crippen molar-refractivity contribution in [3.63, 3.8) is 0 Å². The fraction of sp³-hybridized carbons (Fsp3) is 0.471. The molecule has 0 radical (unpaired) electrons. The fourth-order valence-corrected chi connectivity index (χ4v) is 3.07. The molecule has 7 heteroatoms. The summed E-state index contributed by atoms with van der Waals surface area (Å²) < 4.78 is 13.6. The van der Waals surface area contributed by atoms with Crippen LogP contribution in [0.4, 0.5) is 4.39 Å². The van der Waals surface area contributed by atoms with Crippen LogP contribution < -0.4 is 0 Å². The summed E-state index contributed by atoms with van der Waals surface area (Å²) in [6.45, 7) is 0.827. The Balaban J connectivity index is 1.58. The number of hydrogen-bond donors (Lipinski definition) is 0. The number of amides is 2. The lowest BCUT2D eigenvalue weighted by atomic mass is 10.00. The van der Waals surface area contributed by atoms with Crippen LogP contribution in [0.1, 0.15) is 12.0 Å². The summed E-state index contributed by atoms with van der Waals surface area (Å²) in [5.41, 5.74) is 0.904. The fourth-order valence-electron chi connectivity index (χ4n) is 3.07. The highest BCUT2D eigenvalue weighted by molar-refractivity contribution is 6.40. The van der Waals surface area contributed by atoms with Crippen molar-refractivity contribution in [3.8, 4) is 0 Å². The van der Waals surface area contributed by atoms with E-state index in [4.69, 9.17) is 4.84 Å². The van der Waals surface area contributed by atoms with Gasteiger partial charge in [-0.15, -0.1) is 0 Å². The van der Waals surface area contributed by atoms with Crippen LogP contribution in [0.3, 0.4) is 0 Å². The van der Waals surface area contributed by atoms with Gasteiger partial charge in [-0.25, -0.2) is 4.39 Å². The minimum absolute atomic E-state index is 0.0621. The van der Waals surface area contributed by atoms with Crippen molar-refractivity contribution in [3.05, 3.63) is 35.6 Å². The molecule has 2 aliphatic heterocycles. The number of benzene rings is 1. The molecule has 0 bridgehead atoms. The Hall–Kier alpha value is -2.44. The average molecular weight is 333 g/mol. The first-order valence-electron chi connectivity index (χ1n) is 7.94. The summed E-state index contributed by atoms with van der Waals surface area (Å²) in [5.74, 6) is -0.730. The summed E-state index contributed by atoms with van der Waals surface area (Å²) >= 11 is 0. The van der Waals surface area contributed by atoms with Gasteiger partial charge < -0.3 is 14.6 Å². The predicted octanol–water partition coefficient (Wildman–Crippen LogP) is 1.06. The molecule has 1 saturated heterocycles. The molecule has 1 aromatic rings. The van der Waals surface area contributed by atoms with Crippen LogP contribution in [-0.2, 0) is 20.8 Å². The van der Waals surface area contributed by atoms with E-state index in [1.165, 1.54) is 11.0 Å². The van der Waals surface area contributed by atoms with Gasteiger partial charge in [-0.2, -0.15) is 0 Å². The van der Waals surface area contributed by atoms with Crippen LogP contribution in [0.15, 0.2) is 29.4 Å². The predicted molar refractivity (Wildman–Crippen MR) is 85.8 cm³/mol. The molecule has 0 spiro atoms. The number of aryl methyl sites for hydroxylation is 1. The van der Waals surface area contributed by atoms with Crippen LogP contribution >= 0.6 is 0 Å². The maximum atomic E-state index is 13.6. The summed E-state index contributed by atoms with van der Waals surface area (Å²) in [6.07, 6.45) is 0.325. The SMILES string of the molecule is CN(C)C(=O)C1=NO[C@@H]2CN(C(=O)CCc3ccccc3F)C[C@H]12. The van der Waals surface area contributed by atoms with Crippen molar-refractivity contribution in [2.75, 3.05) is 27.2 Å². The van der Waals surface area contributed by atoms with E-state index in [9.17, 15) is 14.0 Å². The monoisotopic (exact) mass is 333 g/mol. The van der Waals surface area contributed by atoms with Crippen molar-refractivity contribution < 1.29 is 18.8 Å². The molecule has 2 atom stereocenters. The van der Waals surface area contributed by atoms with Crippen LogP contribution in [0.2, 0.25) is 0 Å². The molecule has 0 N–H and O–H groups in total. The Morgan fingerprint density at radius 1 is 1.33 bits per heavy atom. The topological polar surface area (TPSA) is 62.2 Å². The van der Waals surface area contributed by atoms with Gasteiger partial charge in [0.25, 0.3) is 5.91 Å². The Bertz CT molecular complexity index is 689. The molecule has 3 rings (SSSR count). The second-order valence-electron chi connectivity index (χ2n) is 6.32. The number of halogens is 1. The van der Waals surface area contributed by atoms with Crippen molar-refractivity contribution in [2.45, 2.75) is 18.9 Å². The van der Waals surface area contributed by atoms with Gasteiger partial charge in [0.1, 0.15) is 5.82 Å². The molecule has 0 saturated carbocycles. The molecule has 128 valence electrons. The third-order valence-electron chi connectivity index (χ3n) is 4.45. The first-order chi connectivity index (χ1) is 11.5. The average Bonchev–Trinajstić information content (AvgIpc) is 3.13. The quantitative estimate of drug-likeness (QED) is 0.828. The van der Waals surface area contributed by atoms with Crippen LogP contribution in [-0.4, -0.2) is 60.6 Å². The molecule has 2 amide bonds. The van der Waals surface area contributed by atoms with E-state index in [2.05, 4.69) is 5.16 Å². The lowest BCUT2D eigenvalue weighted by Crippen LogP contribution is -2.36. The molecule has 0 unspecified atom stereocenters. The van der Waals surface area contributed by atoms with Gasteiger partial charge in [-0.1, -0.05) is 23.4 Å². The van der Waals surface area contributed by atoms with Crippen LogP contribution in [0.5, 0.6) is 0 Å². The summed E-state index contributed by atoms with van der Waals surface area (Å²) in [6, 6.07) is 6.46. The number of carbonyl (C=O) groups is 2. The van der Waals surface area contributed by atoms with Gasteiger partial charge in [0.15, 0.2) is 11.8 Å². The number of likely N-dealkylation sites (tertiary alicyclic amines) is 1. The van der Waals surface area contributed by atoms with Gasteiger partial charge in [0, 0.05) is 27.1 Å². The zero-order valence-corrected chi connectivity index (χ0v) is 13.7. The van der Waals surface area contributed by atoms with E-state index in [0.29, 0.717) is 30.8 Å². The number of oxime groups is 1. The van der Waals surface area contributed by atoms with Gasteiger partial charge >= 0.3 is 0 Å². The first kappa shape index (κ1) is 16.4. The zero-order valence-electron chi connectivity index (χ0n) is 13.7. The van der Waals surface area contributed by atoms with Gasteiger partial charge in [0.2, 0.25) is 5.91 Å². The second-order valence-corrected chi connectivity index (χ2v) is 6.32. The highest BCUT2D eigenvalue weighted by Gasteiger charge is 2.46. The van der Waals surface area contributed by atoms with E-state index in [-0.39, 0.29) is 36.1 Å². The molecule has 2 heterocycles. The molecular formula is C17H20FN3O3. The lowest BCUT2D eigenvalue weighted by molar-refractivity contribution is -0.130. The first-order valence-corrected chi connectivity index (χ1v) is 7.94. The Morgan fingerprint density at radius 2 is 2.08 bits per heavy atom. The normalized spacial score (nSPS) is 22.0. The molecule has 2 aliphatic rings. The molecule has 0 aliphatic carbocycles. The van der Waals surface area contributed by atoms with E-state index in [1.807, 2.05) is 0 Å². The standard InChI is InChI=1S/C17H20FN3O3/c1-20(2)17(23)16-12-9-21(10-14(12)24-19-16)15(22)8-7-11-5-3-4-6-13(11)18/h3-6,12,14H,7-10H2,1-2H3/t12-,14+/m0/s1. The minimum atomic E-state index is -0.294. The molecule has 6 nitrogen and oxygen atoms in total. The maximum Gasteiger partial charge on any atom is 0.271 e. The Morgan fingerprint density at radius 3 is 2.79 bits per heavy atom. The highest BCUT2D eigenvalue weighted by Crippen LogP contribution is 2.28. The van der Waals surface area contributed by atoms with Gasteiger partial charge in [-0.3, -0.25) is 9.59 Å². The van der Waals surface area contributed by atoms with Crippen LogP contribution in [0.25, 0.3) is 0 Å². The molecule has 0 aromatic heterocycles. The number of nitrogens with zero attached hydrogens (tertiary/aromatic N) is 3. The zero-order chi connectivity index (χ0) is 17.3. The largest absolute Gasteiger partial charge is 0.389 e. The summed E-state index contributed by atoms with van der Waals surface area (Å²) in [5, 5.41) is 3.88. The Labute approximate surface area is 139 Å². The number of fused-ring (bicyclic) bond motifs is 1. The lowest BCUT2D eigenvalue weighted by Gasteiger charge is -2.17. The minimum Gasteiger partial charge on any atom is -0.389 e. The molecule has 1 fully saturated rings. The van der Waals surface area contributed by atoms with Crippen molar-refractivity contribution in [2.24, 2.45) is 11.1 Å². The van der Waals surface area contributed by atoms with Gasteiger partial charge in [0.05, 0.1) is 12.5 Å². The number of hydrogen-bond acceptors (Lipinski definition) is 4. The van der Waals surface area contributed by atoms with Crippen molar-refractivity contribution >= 4 is 17.5 Å². The van der Waals surface area contributed by atoms with E-state index >= 15 is 0 Å². The Kier molecular flexibility index (Phi) is 4.51. The van der Waals surface area contributed by atoms with Crippen molar-refractivity contribution in [1.82, 2.24) is 9.80 Å². The maximum absolute atomic E-state index is 13.6. The smallest absolute Gasteiger partial charge is 0.271 e. The highest BCUT2D eigenvalue weighted by atomic mass is 19.1. The van der Waals surface area contributed by atoms with E-state index in [0.717, 1.165) is 0 Å². The molecule has 24 heavy (non-hydrogen) atoms. The second kappa shape index (κ2) is 6.59. The van der Waals surface area contributed by atoms with Crippen LogP contribution in [0, 0.1) is 11.7 Å². The third-order valence-corrected chi connectivity index (χ3v) is 4.45. The van der Waals surface area contributed by atoms with E-state index in [1.54, 1.807) is 37.2 Å². The number of rotatable bonds is 4. The van der Waals surface area contributed by atoms with E-state index < -0.39 is 0 Å². The molecular weight excluding hydrogens is 313 g/mol. The van der Waals surface area contributed by atoms with Gasteiger partial charge in [-0.05, 0) is 18.1 Å². The number of carbonyl (C=O) groups excluding carboxylic acids is 2. The molecule has 1 aromatic carbocycles. The summed E-state index contributed by atoms with van der Waals surface area (Å²) in [7, 11) is 3.31. The summed E-state index contributed by atoms with van der Waals surface area (Å²) in [4.78, 5) is 32.9.